The van der Waals surface area contributed by atoms with Crippen molar-refractivity contribution < 1.29 is 19.2 Å². The average molecular weight is 374 g/mol. The fraction of sp³-hybridized carbons (Fsp3) is 0.250. The zero-order valence-corrected chi connectivity index (χ0v) is 14.7. The lowest BCUT2D eigenvalue weighted by Crippen LogP contribution is -2.24. The molecule has 0 atom stereocenters. The summed E-state index contributed by atoms with van der Waals surface area (Å²) in [4.78, 5) is 33.0. The monoisotopic (exact) mass is 374 g/mol. The number of rotatable bonds is 8. The molecule has 0 spiro atoms. The van der Waals surface area contributed by atoms with Crippen molar-refractivity contribution in [1.29, 1.82) is 0 Å². The van der Waals surface area contributed by atoms with Gasteiger partial charge in [0.2, 0.25) is 0 Å². The molecule has 2 rings (SSSR count). The SMILES string of the molecule is Cc1nn(CC(=O)NN=Cc2ccc(OCC(N)=O)cc2)c(C)c1[N+](=O)[O-]. The highest BCUT2D eigenvalue weighted by Gasteiger charge is 2.22. The molecular formula is C16H18N6O5. The van der Waals surface area contributed by atoms with Gasteiger partial charge in [0.15, 0.2) is 6.61 Å². The van der Waals surface area contributed by atoms with E-state index in [-0.39, 0.29) is 24.5 Å². The number of primary amides is 1. The molecule has 0 saturated carbocycles. The topological polar surface area (TPSA) is 155 Å². The van der Waals surface area contributed by atoms with E-state index in [1.807, 2.05) is 0 Å². The number of benzene rings is 1. The lowest BCUT2D eigenvalue weighted by Gasteiger charge is -2.04. The normalized spacial score (nSPS) is 10.7. The largest absolute Gasteiger partial charge is 0.484 e. The Bertz CT molecular complexity index is 887. The molecule has 142 valence electrons. The molecule has 0 aliphatic rings. The number of hydrogen-bond acceptors (Lipinski definition) is 7. The lowest BCUT2D eigenvalue weighted by molar-refractivity contribution is -0.386. The van der Waals surface area contributed by atoms with Crippen LogP contribution in [-0.2, 0) is 16.1 Å². The van der Waals surface area contributed by atoms with E-state index in [0.29, 0.717) is 17.0 Å². The molecule has 2 aromatic rings. The van der Waals surface area contributed by atoms with Gasteiger partial charge in [0.05, 0.1) is 11.1 Å². The zero-order valence-electron chi connectivity index (χ0n) is 14.7. The molecule has 27 heavy (non-hydrogen) atoms. The number of hydrazone groups is 1. The van der Waals surface area contributed by atoms with Gasteiger partial charge in [0.25, 0.3) is 11.8 Å². The summed E-state index contributed by atoms with van der Waals surface area (Å²) in [7, 11) is 0. The molecule has 3 N–H and O–H groups in total. The summed E-state index contributed by atoms with van der Waals surface area (Å²) in [5.41, 5.74) is 8.43. The van der Waals surface area contributed by atoms with Gasteiger partial charge in [-0.25, -0.2) is 5.43 Å². The smallest absolute Gasteiger partial charge is 0.312 e. The number of nitro groups is 1. The third-order valence-corrected chi connectivity index (χ3v) is 3.48. The van der Waals surface area contributed by atoms with E-state index in [2.05, 4.69) is 15.6 Å². The van der Waals surface area contributed by atoms with Gasteiger partial charge in [-0.1, -0.05) is 0 Å². The fourth-order valence-electron chi connectivity index (χ4n) is 2.26. The minimum Gasteiger partial charge on any atom is -0.484 e. The molecule has 0 aliphatic heterocycles. The van der Waals surface area contributed by atoms with E-state index in [0.717, 1.165) is 0 Å². The number of aryl methyl sites for hydroxylation is 1. The van der Waals surface area contributed by atoms with Crippen LogP contribution in [0.5, 0.6) is 5.75 Å². The average Bonchev–Trinajstić information content (AvgIpc) is 2.87. The van der Waals surface area contributed by atoms with Crippen LogP contribution in [0.4, 0.5) is 5.69 Å². The van der Waals surface area contributed by atoms with Crippen LogP contribution in [0.1, 0.15) is 17.0 Å². The van der Waals surface area contributed by atoms with E-state index in [1.54, 1.807) is 24.3 Å². The van der Waals surface area contributed by atoms with Gasteiger partial charge in [0.1, 0.15) is 23.7 Å². The van der Waals surface area contributed by atoms with Crippen LogP contribution >= 0.6 is 0 Å². The van der Waals surface area contributed by atoms with Crippen molar-refractivity contribution in [3.05, 3.63) is 51.3 Å². The Morgan fingerprint density at radius 3 is 2.59 bits per heavy atom. The molecule has 11 nitrogen and oxygen atoms in total. The number of amides is 2. The van der Waals surface area contributed by atoms with E-state index >= 15 is 0 Å². The van der Waals surface area contributed by atoms with Gasteiger partial charge >= 0.3 is 5.69 Å². The van der Waals surface area contributed by atoms with Crippen molar-refractivity contribution in [3.63, 3.8) is 0 Å². The standard InChI is InChI=1S/C16H18N6O5/c1-10-16(22(25)26)11(2)21(20-10)8-15(24)19-18-7-12-3-5-13(6-4-12)27-9-14(17)23/h3-7H,8-9H2,1-2H3,(H2,17,23)(H,19,24). The van der Waals surface area contributed by atoms with Crippen LogP contribution in [0.25, 0.3) is 0 Å². The Morgan fingerprint density at radius 1 is 1.37 bits per heavy atom. The Balaban J connectivity index is 1.91. The molecule has 1 aromatic carbocycles. The van der Waals surface area contributed by atoms with Crippen molar-refractivity contribution in [2.24, 2.45) is 10.8 Å². The maximum Gasteiger partial charge on any atom is 0.312 e. The van der Waals surface area contributed by atoms with Crippen molar-refractivity contribution in [1.82, 2.24) is 15.2 Å². The highest BCUT2D eigenvalue weighted by atomic mass is 16.6. The molecule has 2 amide bonds. The Hall–Kier alpha value is -3.76. The first-order chi connectivity index (χ1) is 12.8. The second kappa shape index (κ2) is 8.56. The minimum atomic E-state index is -0.573. The summed E-state index contributed by atoms with van der Waals surface area (Å²) >= 11 is 0. The second-order valence-electron chi connectivity index (χ2n) is 5.55. The second-order valence-corrected chi connectivity index (χ2v) is 5.55. The summed E-state index contributed by atoms with van der Waals surface area (Å²) in [6.45, 7) is 2.62. The van der Waals surface area contributed by atoms with Gasteiger partial charge in [0, 0.05) is 0 Å². The van der Waals surface area contributed by atoms with E-state index < -0.39 is 16.7 Å². The third-order valence-electron chi connectivity index (χ3n) is 3.48. The van der Waals surface area contributed by atoms with Crippen LogP contribution in [0.3, 0.4) is 0 Å². The first kappa shape index (κ1) is 19.6. The fourth-order valence-corrected chi connectivity index (χ4v) is 2.26. The van der Waals surface area contributed by atoms with Crippen molar-refractivity contribution >= 4 is 23.7 Å². The summed E-state index contributed by atoms with van der Waals surface area (Å²) in [6, 6.07) is 6.61. The third kappa shape index (κ3) is 5.36. The molecular weight excluding hydrogens is 356 g/mol. The van der Waals surface area contributed by atoms with E-state index in [4.69, 9.17) is 10.5 Å². The van der Waals surface area contributed by atoms with Crippen LogP contribution in [-0.4, -0.2) is 39.3 Å². The number of hydrogen-bond donors (Lipinski definition) is 2. The predicted molar refractivity (Wildman–Crippen MR) is 95.2 cm³/mol. The molecule has 1 aromatic heterocycles. The number of carbonyl (C=O) groups is 2. The number of carbonyl (C=O) groups excluding carboxylic acids is 2. The summed E-state index contributed by atoms with van der Waals surface area (Å²) in [6.07, 6.45) is 1.42. The van der Waals surface area contributed by atoms with Crippen LogP contribution in [0, 0.1) is 24.0 Å². The van der Waals surface area contributed by atoms with Crippen molar-refractivity contribution in [2.45, 2.75) is 20.4 Å². The predicted octanol–water partition coefficient (Wildman–Crippen LogP) is 0.423. The molecule has 0 radical (unpaired) electrons. The molecule has 1 heterocycles. The number of nitrogens with two attached hydrogens (primary N) is 1. The number of nitrogens with one attached hydrogen (secondary N) is 1. The first-order valence-electron chi connectivity index (χ1n) is 7.79. The highest BCUT2D eigenvalue weighted by molar-refractivity contribution is 5.82. The minimum absolute atomic E-state index is 0.107. The van der Waals surface area contributed by atoms with Crippen molar-refractivity contribution in [3.8, 4) is 5.75 Å². The zero-order chi connectivity index (χ0) is 20.0. The van der Waals surface area contributed by atoms with Gasteiger partial charge < -0.3 is 10.5 Å². The maximum atomic E-state index is 11.9. The molecule has 0 saturated heterocycles. The Labute approximate surface area is 153 Å². The molecule has 0 aliphatic carbocycles. The molecule has 11 heteroatoms. The van der Waals surface area contributed by atoms with E-state index in [9.17, 15) is 19.7 Å². The molecule has 0 fully saturated rings. The first-order valence-corrected chi connectivity index (χ1v) is 7.79. The molecule has 0 bridgehead atoms. The number of nitrogens with zero attached hydrogens (tertiary/aromatic N) is 4. The Morgan fingerprint density at radius 2 is 2.04 bits per heavy atom. The number of ether oxygens (including phenoxy) is 1. The van der Waals surface area contributed by atoms with Gasteiger partial charge in [-0.2, -0.15) is 10.2 Å². The summed E-state index contributed by atoms with van der Waals surface area (Å²) < 4.78 is 6.38. The van der Waals surface area contributed by atoms with Gasteiger partial charge in [-0.3, -0.25) is 24.4 Å². The van der Waals surface area contributed by atoms with Crippen LogP contribution < -0.4 is 15.9 Å². The Kier molecular flexibility index (Phi) is 6.20. The van der Waals surface area contributed by atoms with E-state index in [1.165, 1.54) is 24.7 Å². The van der Waals surface area contributed by atoms with Gasteiger partial charge in [-0.15, -0.1) is 0 Å². The molecule has 0 unspecified atom stereocenters. The van der Waals surface area contributed by atoms with Crippen molar-refractivity contribution in [2.75, 3.05) is 6.61 Å². The van der Waals surface area contributed by atoms with Crippen LogP contribution in [0.15, 0.2) is 29.4 Å². The number of aromatic nitrogens is 2. The van der Waals surface area contributed by atoms with Gasteiger partial charge in [-0.05, 0) is 43.7 Å². The summed E-state index contributed by atoms with van der Waals surface area (Å²) in [5.74, 6) is -0.578. The maximum absolute atomic E-state index is 11.9. The lowest BCUT2D eigenvalue weighted by atomic mass is 10.2. The summed E-state index contributed by atoms with van der Waals surface area (Å²) in [5, 5.41) is 18.8. The van der Waals surface area contributed by atoms with Crippen LogP contribution in [0.2, 0.25) is 0 Å². The highest BCUT2D eigenvalue weighted by Crippen LogP contribution is 2.21. The quantitative estimate of drug-likeness (QED) is 0.388.